The first-order valence-electron chi connectivity index (χ1n) is 6.31. The molecule has 1 heterocycles. The molecule has 2 rings (SSSR count). The van der Waals surface area contributed by atoms with E-state index >= 15 is 0 Å². The van der Waals surface area contributed by atoms with Crippen molar-refractivity contribution in [1.29, 1.82) is 0 Å². The molecule has 1 aromatic heterocycles. The molecule has 0 unspecified atom stereocenters. The Morgan fingerprint density at radius 1 is 1.19 bits per heavy atom. The normalized spacial score (nSPS) is 11.3. The molecular formula is C14H17NO5S. The average molecular weight is 311 g/mol. The lowest BCUT2D eigenvalue weighted by Gasteiger charge is -2.11. The van der Waals surface area contributed by atoms with E-state index in [9.17, 15) is 8.42 Å². The molecule has 1 aromatic carbocycles. The van der Waals surface area contributed by atoms with Gasteiger partial charge in [-0.05, 0) is 24.3 Å². The Morgan fingerprint density at radius 2 is 2.00 bits per heavy atom. The predicted octanol–water partition coefficient (Wildman–Crippen LogP) is 1.82. The molecule has 0 radical (unpaired) electrons. The van der Waals surface area contributed by atoms with Crippen molar-refractivity contribution in [3.63, 3.8) is 0 Å². The summed E-state index contributed by atoms with van der Waals surface area (Å²) in [6.45, 7) is 0.241. The van der Waals surface area contributed by atoms with E-state index in [4.69, 9.17) is 13.9 Å². The van der Waals surface area contributed by atoms with E-state index in [0.717, 1.165) is 5.76 Å². The van der Waals surface area contributed by atoms with Crippen molar-refractivity contribution < 1.29 is 22.3 Å². The number of furan rings is 1. The van der Waals surface area contributed by atoms with Crippen LogP contribution in [0.2, 0.25) is 0 Å². The number of hydrogen-bond acceptors (Lipinski definition) is 5. The lowest BCUT2D eigenvalue weighted by atomic mass is 10.3. The third-order valence-corrected chi connectivity index (χ3v) is 4.40. The van der Waals surface area contributed by atoms with E-state index in [1.807, 2.05) is 0 Å². The van der Waals surface area contributed by atoms with E-state index in [-0.39, 0.29) is 17.2 Å². The molecule has 2 aromatic rings. The van der Waals surface area contributed by atoms with Crippen LogP contribution in [0.15, 0.2) is 45.9 Å². The summed E-state index contributed by atoms with van der Waals surface area (Å²) in [5.41, 5.74) is 0. The van der Waals surface area contributed by atoms with Gasteiger partial charge in [0, 0.05) is 19.0 Å². The summed E-state index contributed by atoms with van der Waals surface area (Å²) in [6, 6.07) is 8.11. The quantitative estimate of drug-likeness (QED) is 0.844. The summed E-state index contributed by atoms with van der Waals surface area (Å²) in [4.78, 5) is 0.0743. The zero-order valence-electron chi connectivity index (χ0n) is 11.8. The highest BCUT2D eigenvalue weighted by atomic mass is 32.2. The van der Waals surface area contributed by atoms with Gasteiger partial charge in [-0.1, -0.05) is 0 Å². The summed E-state index contributed by atoms with van der Waals surface area (Å²) < 4.78 is 42.4. The van der Waals surface area contributed by atoms with Gasteiger partial charge in [-0.15, -0.1) is 0 Å². The standard InChI is InChI=1S/C14H17NO5S/c1-18-12-5-6-14(13(10-12)19-2)21(16,17)15-8-7-11-4-3-9-20-11/h3-6,9-10,15H,7-8H2,1-2H3. The number of methoxy groups -OCH3 is 2. The smallest absolute Gasteiger partial charge is 0.244 e. The molecule has 0 aliphatic carbocycles. The maximum Gasteiger partial charge on any atom is 0.244 e. The molecule has 6 nitrogen and oxygen atoms in total. The summed E-state index contributed by atoms with van der Waals surface area (Å²) in [6.07, 6.45) is 2.03. The third-order valence-electron chi connectivity index (χ3n) is 2.90. The van der Waals surface area contributed by atoms with Crippen LogP contribution in [0, 0.1) is 0 Å². The van der Waals surface area contributed by atoms with Crippen molar-refractivity contribution in [1.82, 2.24) is 4.72 Å². The number of ether oxygens (including phenoxy) is 2. The van der Waals surface area contributed by atoms with Gasteiger partial charge < -0.3 is 13.9 Å². The number of hydrogen-bond donors (Lipinski definition) is 1. The van der Waals surface area contributed by atoms with Gasteiger partial charge in [-0.2, -0.15) is 0 Å². The zero-order chi connectivity index (χ0) is 15.3. The molecule has 0 fully saturated rings. The molecule has 114 valence electrons. The van der Waals surface area contributed by atoms with Crippen molar-refractivity contribution in [3.8, 4) is 11.5 Å². The fraction of sp³-hybridized carbons (Fsp3) is 0.286. The van der Waals surface area contributed by atoms with Gasteiger partial charge in [-0.25, -0.2) is 13.1 Å². The summed E-state index contributed by atoms with van der Waals surface area (Å²) in [5.74, 6) is 1.49. The number of sulfonamides is 1. The zero-order valence-corrected chi connectivity index (χ0v) is 12.6. The molecule has 7 heteroatoms. The minimum atomic E-state index is -3.65. The Morgan fingerprint density at radius 3 is 2.62 bits per heavy atom. The summed E-state index contributed by atoms with van der Waals surface area (Å²) in [7, 11) is -0.736. The SMILES string of the molecule is COc1ccc(S(=O)(=O)NCCc2ccco2)c(OC)c1. The summed E-state index contributed by atoms with van der Waals surface area (Å²) in [5, 5.41) is 0. The second-order valence-electron chi connectivity index (χ2n) is 4.24. The first-order valence-corrected chi connectivity index (χ1v) is 7.79. The van der Waals surface area contributed by atoms with Crippen LogP contribution in [0.25, 0.3) is 0 Å². The van der Waals surface area contributed by atoms with Crippen LogP contribution in [0.1, 0.15) is 5.76 Å². The third kappa shape index (κ3) is 3.77. The molecule has 0 spiro atoms. The fourth-order valence-corrected chi connectivity index (χ4v) is 3.02. The van der Waals surface area contributed by atoms with Crippen LogP contribution < -0.4 is 14.2 Å². The van der Waals surface area contributed by atoms with E-state index < -0.39 is 10.0 Å². The minimum absolute atomic E-state index is 0.0743. The van der Waals surface area contributed by atoms with Crippen LogP contribution in [-0.2, 0) is 16.4 Å². The Hall–Kier alpha value is -1.99. The second-order valence-corrected chi connectivity index (χ2v) is 5.98. The largest absolute Gasteiger partial charge is 0.497 e. The fourth-order valence-electron chi connectivity index (χ4n) is 1.84. The maximum atomic E-state index is 12.3. The number of rotatable bonds is 7. The maximum absolute atomic E-state index is 12.3. The summed E-state index contributed by atoms with van der Waals surface area (Å²) >= 11 is 0. The molecule has 0 saturated heterocycles. The second kappa shape index (κ2) is 6.64. The average Bonchev–Trinajstić information content (AvgIpc) is 2.99. The Kier molecular flexibility index (Phi) is 4.87. The van der Waals surface area contributed by atoms with Gasteiger partial charge in [0.25, 0.3) is 0 Å². The van der Waals surface area contributed by atoms with Crippen LogP contribution in [0.3, 0.4) is 0 Å². The molecule has 0 saturated carbocycles. The van der Waals surface area contributed by atoms with Crippen molar-refractivity contribution in [2.75, 3.05) is 20.8 Å². The van der Waals surface area contributed by atoms with Crippen LogP contribution >= 0.6 is 0 Å². The van der Waals surface area contributed by atoms with Crippen LogP contribution in [0.5, 0.6) is 11.5 Å². The van der Waals surface area contributed by atoms with E-state index in [1.54, 1.807) is 24.5 Å². The lowest BCUT2D eigenvalue weighted by molar-refractivity contribution is 0.386. The molecule has 1 N–H and O–H groups in total. The van der Waals surface area contributed by atoms with Crippen molar-refractivity contribution in [2.24, 2.45) is 0 Å². The van der Waals surface area contributed by atoms with Crippen LogP contribution in [0.4, 0.5) is 0 Å². The monoisotopic (exact) mass is 311 g/mol. The topological polar surface area (TPSA) is 77.8 Å². The van der Waals surface area contributed by atoms with Gasteiger partial charge in [0.05, 0.1) is 20.5 Å². The molecule has 21 heavy (non-hydrogen) atoms. The molecule has 0 atom stereocenters. The molecule has 0 aliphatic heterocycles. The number of benzene rings is 1. The van der Waals surface area contributed by atoms with Gasteiger partial charge in [0.2, 0.25) is 10.0 Å². The van der Waals surface area contributed by atoms with Gasteiger partial charge in [0.1, 0.15) is 22.2 Å². The highest BCUT2D eigenvalue weighted by molar-refractivity contribution is 7.89. The van der Waals surface area contributed by atoms with Gasteiger partial charge in [-0.3, -0.25) is 0 Å². The Labute approximate surface area is 123 Å². The van der Waals surface area contributed by atoms with Crippen LogP contribution in [-0.4, -0.2) is 29.2 Å². The van der Waals surface area contributed by atoms with Gasteiger partial charge >= 0.3 is 0 Å². The van der Waals surface area contributed by atoms with E-state index in [2.05, 4.69) is 4.72 Å². The van der Waals surface area contributed by atoms with Crippen molar-refractivity contribution >= 4 is 10.0 Å². The lowest BCUT2D eigenvalue weighted by Crippen LogP contribution is -2.26. The highest BCUT2D eigenvalue weighted by Gasteiger charge is 2.19. The molecule has 0 aliphatic rings. The Balaban J connectivity index is 2.11. The van der Waals surface area contributed by atoms with Gasteiger partial charge in [0.15, 0.2) is 0 Å². The van der Waals surface area contributed by atoms with Crippen molar-refractivity contribution in [2.45, 2.75) is 11.3 Å². The molecule has 0 bridgehead atoms. The van der Waals surface area contributed by atoms with E-state index in [0.29, 0.717) is 12.2 Å². The minimum Gasteiger partial charge on any atom is -0.497 e. The first kappa shape index (κ1) is 15.4. The molecule has 0 amide bonds. The van der Waals surface area contributed by atoms with E-state index in [1.165, 1.54) is 26.4 Å². The van der Waals surface area contributed by atoms with Crippen molar-refractivity contribution in [3.05, 3.63) is 42.4 Å². The first-order chi connectivity index (χ1) is 10.1. The predicted molar refractivity (Wildman–Crippen MR) is 77.1 cm³/mol. The molecular weight excluding hydrogens is 294 g/mol. The number of nitrogens with one attached hydrogen (secondary N) is 1. The Bertz CT molecular complexity index is 679. The highest BCUT2D eigenvalue weighted by Crippen LogP contribution is 2.28.